The van der Waals surface area contributed by atoms with Crippen LogP contribution in [0.5, 0.6) is 0 Å². The lowest BCUT2D eigenvalue weighted by Crippen LogP contribution is -2.40. The summed E-state index contributed by atoms with van der Waals surface area (Å²) in [7, 11) is 0. The predicted octanol–water partition coefficient (Wildman–Crippen LogP) is 4.53. The Hall–Kier alpha value is -1.95. The summed E-state index contributed by atoms with van der Waals surface area (Å²) < 4.78 is 0. The summed E-state index contributed by atoms with van der Waals surface area (Å²) in [6.07, 6.45) is 14.6. The van der Waals surface area contributed by atoms with Gasteiger partial charge in [0, 0.05) is 24.2 Å². The number of nitrogens with one attached hydrogen (secondary N) is 1. The van der Waals surface area contributed by atoms with Gasteiger partial charge in [-0.2, -0.15) is 0 Å². The van der Waals surface area contributed by atoms with Gasteiger partial charge in [-0.3, -0.25) is 10.1 Å². The minimum atomic E-state index is -1.17. The van der Waals surface area contributed by atoms with Crippen molar-refractivity contribution in [3.63, 3.8) is 0 Å². The van der Waals surface area contributed by atoms with E-state index in [1.165, 1.54) is 82.4 Å². The summed E-state index contributed by atoms with van der Waals surface area (Å²) in [5.74, 6) is -1.17. The monoisotopic (exact) mass is 348 g/mol. The molecule has 0 heterocycles. The molecule has 0 unspecified atom stereocenters. The number of rotatable bonds is 4. The van der Waals surface area contributed by atoms with Crippen LogP contribution in [0.4, 0.5) is 5.69 Å². The Labute approximate surface area is 148 Å². The standard InChI is InChI=1S/C12H23N.C7H5NO4/c1-3-7-11(8-4-1)13-12-9-5-2-6-10-12;9-7(10)5-2-1-3-6(4-5)8(11)12/h11-13H,1-10H2;1-4H,(H,9,10). The van der Waals surface area contributed by atoms with Gasteiger partial charge in [0.1, 0.15) is 0 Å². The first kappa shape index (κ1) is 19.4. The number of non-ortho nitro benzene ring substituents is 1. The Kier molecular flexibility index (Phi) is 7.85. The van der Waals surface area contributed by atoms with Gasteiger partial charge in [0.25, 0.3) is 5.69 Å². The van der Waals surface area contributed by atoms with Crippen molar-refractivity contribution in [3.05, 3.63) is 39.9 Å². The summed E-state index contributed by atoms with van der Waals surface area (Å²) in [6, 6.07) is 6.64. The molecule has 0 spiro atoms. The zero-order valence-corrected chi connectivity index (χ0v) is 14.7. The van der Waals surface area contributed by atoms with Crippen LogP contribution < -0.4 is 5.32 Å². The van der Waals surface area contributed by atoms with Gasteiger partial charge < -0.3 is 10.4 Å². The Morgan fingerprint density at radius 3 is 1.96 bits per heavy atom. The zero-order valence-electron chi connectivity index (χ0n) is 14.7. The predicted molar refractivity (Wildman–Crippen MR) is 96.9 cm³/mol. The molecule has 0 amide bonds. The van der Waals surface area contributed by atoms with Crippen LogP contribution in [-0.2, 0) is 0 Å². The van der Waals surface area contributed by atoms with E-state index in [-0.39, 0.29) is 11.3 Å². The second kappa shape index (κ2) is 10.1. The minimum absolute atomic E-state index is 0.0794. The number of hydrogen-bond donors (Lipinski definition) is 2. The number of aromatic carboxylic acids is 1. The molecule has 0 bridgehead atoms. The van der Waals surface area contributed by atoms with E-state index >= 15 is 0 Å². The normalized spacial score (nSPS) is 18.9. The van der Waals surface area contributed by atoms with Crippen molar-refractivity contribution in [2.45, 2.75) is 76.3 Å². The first-order valence-corrected chi connectivity index (χ1v) is 9.30. The quantitative estimate of drug-likeness (QED) is 0.616. The third-order valence-electron chi connectivity index (χ3n) is 4.99. The molecule has 0 atom stereocenters. The van der Waals surface area contributed by atoms with Crippen LogP contribution in [0.25, 0.3) is 0 Å². The van der Waals surface area contributed by atoms with Crippen LogP contribution in [0.15, 0.2) is 24.3 Å². The van der Waals surface area contributed by atoms with E-state index in [4.69, 9.17) is 5.11 Å². The molecule has 1 aromatic carbocycles. The molecule has 25 heavy (non-hydrogen) atoms. The Balaban J connectivity index is 0.000000181. The van der Waals surface area contributed by atoms with Gasteiger partial charge in [-0.25, -0.2) is 4.79 Å². The van der Waals surface area contributed by atoms with Gasteiger partial charge in [-0.05, 0) is 31.7 Å². The molecule has 0 saturated heterocycles. The number of hydrogen-bond acceptors (Lipinski definition) is 4. The summed E-state index contributed by atoms with van der Waals surface area (Å²) in [5, 5.41) is 22.5. The molecular weight excluding hydrogens is 320 g/mol. The maximum Gasteiger partial charge on any atom is 0.335 e. The number of nitrogens with zero attached hydrogens (tertiary/aromatic N) is 1. The minimum Gasteiger partial charge on any atom is -0.478 e. The molecule has 2 saturated carbocycles. The summed E-state index contributed by atoms with van der Waals surface area (Å²) in [5.41, 5.74) is -0.292. The van der Waals surface area contributed by atoms with Gasteiger partial charge in [-0.15, -0.1) is 0 Å². The van der Waals surface area contributed by atoms with Crippen molar-refractivity contribution in [1.82, 2.24) is 5.32 Å². The van der Waals surface area contributed by atoms with Crippen LogP contribution in [0.1, 0.15) is 74.6 Å². The fraction of sp³-hybridized carbons (Fsp3) is 0.632. The maximum atomic E-state index is 10.4. The van der Waals surface area contributed by atoms with Crippen molar-refractivity contribution in [1.29, 1.82) is 0 Å². The highest BCUT2D eigenvalue weighted by Crippen LogP contribution is 2.22. The zero-order chi connectivity index (χ0) is 18.1. The Bertz CT molecular complexity index is 519. The van der Waals surface area contributed by atoms with E-state index < -0.39 is 10.9 Å². The van der Waals surface area contributed by atoms with E-state index in [1.54, 1.807) is 0 Å². The molecule has 1 aromatic rings. The molecule has 3 rings (SSSR count). The third kappa shape index (κ3) is 6.82. The highest BCUT2D eigenvalue weighted by atomic mass is 16.6. The molecule has 0 aromatic heterocycles. The lowest BCUT2D eigenvalue weighted by Gasteiger charge is -2.30. The average Bonchev–Trinajstić information content (AvgIpc) is 2.64. The molecule has 2 fully saturated rings. The van der Waals surface area contributed by atoms with Crippen LogP contribution in [0.2, 0.25) is 0 Å². The van der Waals surface area contributed by atoms with Crippen molar-refractivity contribution < 1.29 is 14.8 Å². The van der Waals surface area contributed by atoms with E-state index in [1.807, 2.05) is 0 Å². The van der Waals surface area contributed by atoms with Crippen LogP contribution in [-0.4, -0.2) is 28.1 Å². The molecule has 6 heteroatoms. The van der Waals surface area contributed by atoms with E-state index in [2.05, 4.69) is 5.32 Å². The number of benzene rings is 1. The maximum absolute atomic E-state index is 10.4. The first-order valence-electron chi connectivity index (χ1n) is 9.30. The van der Waals surface area contributed by atoms with E-state index in [0.29, 0.717) is 0 Å². The van der Waals surface area contributed by atoms with Crippen molar-refractivity contribution in [2.24, 2.45) is 0 Å². The topological polar surface area (TPSA) is 92.5 Å². The van der Waals surface area contributed by atoms with Crippen molar-refractivity contribution in [2.75, 3.05) is 0 Å². The second-order valence-electron chi connectivity index (χ2n) is 6.95. The Morgan fingerprint density at radius 2 is 1.52 bits per heavy atom. The van der Waals surface area contributed by atoms with Gasteiger partial charge in [0.05, 0.1) is 10.5 Å². The molecule has 138 valence electrons. The van der Waals surface area contributed by atoms with E-state index in [0.717, 1.165) is 18.2 Å². The van der Waals surface area contributed by atoms with Crippen molar-refractivity contribution >= 4 is 11.7 Å². The summed E-state index contributed by atoms with van der Waals surface area (Å²) in [4.78, 5) is 19.9. The fourth-order valence-electron chi connectivity index (χ4n) is 3.62. The summed E-state index contributed by atoms with van der Waals surface area (Å²) >= 11 is 0. The third-order valence-corrected chi connectivity index (χ3v) is 4.99. The number of carboxylic acids is 1. The molecule has 2 aliphatic carbocycles. The van der Waals surface area contributed by atoms with Gasteiger partial charge in [0.2, 0.25) is 0 Å². The smallest absolute Gasteiger partial charge is 0.335 e. The Morgan fingerprint density at radius 1 is 1.00 bits per heavy atom. The van der Waals surface area contributed by atoms with Crippen LogP contribution in [0, 0.1) is 10.1 Å². The fourth-order valence-corrected chi connectivity index (χ4v) is 3.62. The lowest BCUT2D eigenvalue weighted by molar-refractivity contribution is -0.384. The molecule has 2 N–H and O–H groups in total. The molecule has 0 radical (unpaired) electrons. The molecule has 0 aliphatic heterocycles. The first-order chi connectivity index (χ1) is 12.1. The van der Waals surface area contributed by atoms with Crippen LogP contribution >= 0.6 is 0 Å². The largest absolute Gasteiger partial charge is 0.478 e. The molecule has 2 aliphatic rings. The second-order valence-corrected chi connectivity index (χ2v) is 6.95. The van der Waals surface area contributed by atoms with E-state index in [9.17, 15) is 14.9 Å². The van der Waals surface area contributed by atoms with Crippen LogP contribution in [0.3, 0.4) is 0 Å². The van der Waals surface area contributed by atoms with Gasteiger partial charge >= 0.3 is 5.97 Å². The highest BCUT2D eigenvalue weighted by Gasteiger charge is 2.19. The number of nitro benzene ring substituents is 1. The number of carbonyl (C=O) groups is 1. The summed E-state index contributed by atoms with van der Waals surface area (Å²) in [6.45, 7) is 0. The SMILES string of the molecule is C1CCC(NC2CCCCC2)CC1.O=C(O)c1cccc([N+](=O)[O-])c1. The highest BCUT2D eigenvalue weighted by molar-refractivity contribution is 5.88. The van der Waals surface area contributed by atoms with Gasteiger partial charge in [-0.1, -0.05) is 44.6 Å². The van der Waals surface area contributed by atoms with Gasteiger partial charge in [0.15, 0.2) is 0 Å². The number of nitro groups is 1. The lowest BCUT2D eigenvalue weighted by atomic mass is 9.91. The molecule has 6 nitrogen and oxygen atoms in total. The van der Waals surface area contributed by atoms with Crippen molar-refractivity contribution in [3.8, 4) is 0 Å². The average molecular weight is 348 g/mol. The number of carboxylic acid groups (broad SMARTS) is 1. The molecular formula is C19H28N2O4.